The molecule has 0 fully saturated rings. The van der Waals surface area contributed by atoms with Gasteiger partial charge in [-0.15, -0.1) is 0 Å². The molecule has 1 N–H and O–H groups in total. The summed E-state index contributed by atoms with van der Waals surface area (Å²) in [6.45, 7) is 1.82. The second-order valence-corrected chi connectivity index (χ2v) is 5.70. The van der Waals surface area contributed by atoms with E-state index in [0.717, 1.165) is 15.6 Å². The largest absolute Gasteiger partial charge is 0.482 e. The molecule has 0 saturated heterocycles. The van der Waals surface area contributed by atoms with E-state index >= 15 is 0 Å². The smallest absolute Gasteiger partial charge is 0.341 e. The molecule has 0 radical (unpaired) electrons. The molecule has 2 rings (SSSR count). The number of nitrogens with zero attached hydrogens (tertiary/aromatic N) is 1. The lowest BCUT2D eigenvalue weighted by molar-refractivity contribution is -0.139. The molecule has 0 atom stereocenters. The van der Waals surface area contributed by atoms with Crippen molar-refractivity contribution in [2.45, 2.75) is 13.5 Å². The lowest BCUT2D eigenvalue weighted by atomic mass is 10.1. The van der Waals surface area contributed by atoms with Crippen LogP contribution in [0.3, 0.4) is 0 Å². The van der Waals surface area contributed by atoms with E-state index in [0.29, 0.717) is 18.1 Å². The minimum absolute atomic E-state index is 0.375. The Morgan fingerprint density at radius 1 is 1.22 bits per heavy atom. The molecule has 2 aromatic carbocycles. The molecular weight excluding hydrogens is 362 g/mol. The Hall–Kier alpha value is -2.34. The molecule has 2 aromatic rings. The molecule has 5 nitrogen and oxygen atoms in total. The Morgan fingerprint density at radius 2 is 1.96 bits per heavy atom. The zero-order valence-corrected chi connectivity index (χ0v) is 14.1. The molecule has 0 aliphatic heterocycles. The highest BCUT2D eigenvalue weighted by Crippen LogP contribution is 2.15. The monoisotopic (exact) mass is 377 g/mol. The van der Waals surface area contributed by atoms with Crippen LogP contribution in [0.15, 0.2) is 58.2 Å². The van der Waals surface area contributed by atoms with Gasteiger partial charge in [-0.05, 0) is 36.8 Å². The SMILES string of the molecule is C/C(=N\OCc1ccc(Br)cc1)c1cccc(OCC(=O)O)c1. The summed E-state index contributed by atoms with van der Waals surface area (Å²) in [6.07, 6.45) is 0. The number of rotatable bonds is 7. The van der Waals surface area contributed by atoms with Crippen molar-refractivity contribution in [3.8, 4) is 5.75 Å². The number of benzene rings is 2. The molecule has 0 aliphatic carbocycles. The van der Waals surface area contributed by atoms with Crippen LogP contribution in [0.25, 0.3) is 0 Å². The number of halogens is 1. The van der Waals surface area contributed by atoms with Crippen LogP contribution < -0.4 is 4.74 Å². The fourth-order valence-corrected chi connectivity index (χ4v) is 2.06. The van der Waals surface area contributed by atoms with Crippen LogP contribution in [0, 0.1) is 0 Å². The first-order valence-corrected chi connectivity index (χ1v) is 7.70. The van der Waals surface area contributed by atoms with Gasteiger partial charge < -0.3 is 14.7 Å². The van der Waals surface area contributed by atoms with Gasteiger partial charge in [-0.1, -0.05) is 45.4 Å². The molecule has 0 unspecified atom stereocenters. The van der Waals surface area contributed by atoms with Gasteiger partial charge in [0.25, 0.3) is 0 Å². The van der Waals surface area contributed by atoms with Crippen molar-refractivity contribution in [1.82, 2.24) is 0 Å². The van der Waals surface area contributed by atoms with Crippen molar-refractivity contribution in [2.24, 2.45) is 5.16 Å². The minimum atomic E-state index is -1.02. The van der Waals surface area contributed by atoms with Gasteiger partial charge in [0.05, 0.1) is 5.71 Å². The summed E-state index contributed by atoms with van der Waals surface area (Å²) in [5, 5.41) is 12.7. The van der Waals surface area contributed by atoms with Crippen molar-refractivity contribution in [2.75, 3.05) is 6.61 Å². The van der Waals surface area contributed by atoms with E-state index in [-0.39, 0.29) is 6.61 Å². The molecule has 23 heavy (non-hydrogen) atoms. The Bertz CT molecular complexity index is 698. The second kappa shape index (κ2) is 8.33. The van der Waals surface area contributed by atoms with E-state index in [1.165, 1.54) is 0 Å². The Labute approximate surface area is 142 Å². The number of hydrogen-bond donors (Lipinski definition) is 1. The average Bonchev–Trinajstić information content (AvgIpc) is 2.55. The molecule has 0 aromatic heterocycles. The number of carbonyl (C=O) groups is 1. The highest BCUT2D eigenvalue weighted by Gasteiger charge is 2.03. The predicted molar refractivity (Wildman–Crippen MR) is 90.7 cm³/mol. The van der Waals surface area contributed by atoms with E-state index in [4.69, 9.17) is 14.7 Å². The van der Waals surface area contributed by atoms with Crippen molar-refractivity contribution in [3.63, 3.8) is 0 Å². The molecule has 0 amide bonds. The van der Waals surface area contributed by atoms with Gasteiger partial charge >= 0.3 is 5.97 Å². The van der Waals surface area contributed by atoms with Gasteiger partial charge in [0, 0.05) is 10.0 Å². The number of carboxylic acid groups (broad SMARTS) is 1. The maximum absolute atomic E-state index is 10.5. The van der Waals surface area contributed by atoms with Gasteiger partial charge in [-0.25, -0.2) is 4.79 Å². The average molecular weight is 378 g/mol. The van der Waals surface area contributed by atoms with Crippen molar-refractivity contribution >= 4 is 27.6 Å². The highest BCUT2D eigenvalue weighted by atomic mass is 79.9. The zero-order valence-electron chi connectivity index (χ0n) is 12.5. The van der Waals surface area contributed by atoms with Gasteiger partial charge in [0.1, 0.15) is 12.4 Å². The molecule has 6 heteroatoms. The van der Waals surface area contributed by atoms with E-state index in [9.17, 15) is 4.79 Å². The number of aliphatic carboxylic acids is 1. The minimum Gasteiger partial charge on any atom is -0.482 e. The fourth-order valence-electron chi connectivity index (χ4n) is 1.79. The van der Waals surface area contributed by atoms with Gasteiger partial charge in [-0.3, -0.25) is 0 Å². The summed E-state index contributed by atoms with van der Waals surface area (Å²) in [6, 6.07) is 14.9. The van der Waals surface area contributed by atoms with E-state index < -0.39 is 5.97 Å². The molecule has 120 valence electrons. The second-order valence-electron chi connectivity index (χ2n) is 4.79. The molecule has 0 aliphatic rings. The quantitative estimate of drug-likeness (QED) is 0.587. The normalized spacial score (nSPS) is 11.1. The first-order valence-electron chi connectivity index (χ1n) is 6.90. The first-order chi connectivity index (χ1) is 11.0. The maximum Gasteiger partial charge on any atom is 0.341 e. The van der Waals surface area contributed by atoms with Crippen LogP contribution in [-0.2, 0) is 16.2 Å². The third-order valence-electron chi connectivity index (χ3n) is 2.96. The Kier molecular flexibility index (Phi) is 6.17. The van der Waals surface area contributed by atoms with Crippen molar-refractivity contribution < 1.29 is 19.5 Å². The summed E-state index contributed by atoms with van der Waals surface area (Å²) >= 11 is 3.38. The molecule has 0 heterocycles. The van der Waals surface area contributed by atoms with E-state index in [1.807, 2.05) is 37.3 Å². The fraction of sp³-hybridized carbons (Fsp3) is 0.176. The highest BCUT2D eigenvalue weighted by molar-refractivity contribution is 9.10. The summed E-state index contributed by atoms with van der Waals surface area (Å²) < 4.78 is 6.16. The summed E-state index contributed by atoms with van der Waals surface area (Å²) in [7, 11) is 0. The van der Waals surface area contributed by atoms with Gasteiger partial charge in [0.15, 0.2) is 6.61 Å². The van der Waals surface area contributed by atoms with Crippen LogP contribution in [0.1, 0.15) is 18.1 Å². The lowest BCUT2D eigenvalue weighted by Crippen LogP contribution is -2.09. The third-order valence-corrected chi connectivity index (χ3v) is 3.49. The van der Waals surface area contributed by atoms with Crippen molar-refractivity contribution in [1.29, 1.82) is 0 Å². The van der Waals surface area contributed by atoms with Crippen LogP contribution in [0.2, 0.25) is 0 Å². The number of carboxylic acids is 1. The Morgan fingerprint density at radius 3 is 2.65 bits per heavy atom. The molecular formula is C17H16BrNO4. The van der Waals surface area contributed by atoms with Crippen LogP contribution in [0.4, 0.5) is 0 Å². The number of oxime groups is 1. The standard InChI is InChI=1S/C17H16BrNO4/c1-12(19-23-10-13-5-7-15(18)8-6-13)14-3-2-4-16(9-14)22-11-17(20)21/h2-9H,10-11H2,1H3,(H,20,21)/b19-12+. The predicted octanol–water partition coefficient (Wildman–Crippen LogP) is 3.85. The molecule has 0 saturated carbocycles. The van der Waals surface area contributed by atoms with Crippen molar-refractivity contribution in [3.05, 3.63) is 64.1 Å². The lowest BCUT2D eigenvalue weighted by Gasteiger charge is -2.06. The summed E-state index contributed by atoms with van der Waals surface area (Å²) in [5.41, 5.74) is 2.51. The first kappa shape index (κ1) is 17.0. The van der Waals surface area contributed by atoms with Crippen LogP contribution >= 0.6 is 15.9 Å². The molecule has 0 spiro atoms. The van der Waals surface area contributed by atoms with Gasteiger partial charge in [-0.2, -0.15) is 0 Å². The Balaban J connectivity index is 1.95. The number of hydrogen-bond acceptors (Lipinski definition) is 4. The number of ether oxygens (including phenoxy) is 1. The van der Waals surface area contributed by atoms with Crippen LogP contribution in [0.5, 0.6) is 5.75 Å². The third kappa shape index (κ3) is 5.75. The topological polar surface area (TPSA) is 68.1 Å². The van der Waals surface area contributed by atoms with E-state index in [2.05, 4.69) is 21.1 Å². The van der Waals surface area contributed by atoms with Crippen LogP contribution in [-0.4, -0.2) is 23.4 Å². The van der Waals surface area contributed by atoms with Gasteiger partial charge in [0.2, 0.25) is 0 Å². The summed E-state index contributed by atoms with van der Waals surface area (Å²) in [4.78, 5) is 15.9. The molecule has 0 bridgehead atoms. The zero-order chi connectivity index (χ0) is 16.7. The maximum atomic E-state index is 10.5. The summed E-state index contributed by atoms with van der Waals surface area (Å²) in [5.74, 6) is -0.536. The van der Waals surface area contributed by atoms with E-state index in [1.54, 1.807) is 18.2 Å².